The summed E-state index contributed by atoms with van der Waals surface area (Å²) in [6.45, 7) is 2.82. The van der Waals surface area contributed by atoms with Gasteiger partial charge in [0, 0.05) is 12.6 Å². The first-order chi connectivity index (χ1) is 7.27. The van der Waals surface area contributed by atoms with Crippen molar-refractivity contribution in [3.05, 3.63) is 30.2 Å². The summed E-state index contributed by atoms with van der Waals surface area (Å²) >= 11 is 0. The van der Waals surface area contributed by atoms with E-state index in [1.54, 1.807) is 29.4 Å². The molecular formula is C12H13NO2. The third-order valence-corrected chi connectivity index (χ3v) is 1.91. The van der Waals surface area contributed by atoms with Crippen LogP contribution in [0.1, 0.15) is 12.7 Å². The minimum atomic E-state index is -0.105. The lowest BCUT2D eigenvalue weighted by Gasteiger charge is -2.14. The van der Waals surface area contributed by atoms with Crippen LogP contribution in [0, 0.1) is 12.3 Å². The first kappa shape index (κ1) is 11.1. The van der Waals surface area contributed by atoms with E-state index >= 15 is 0 Å². The number of amides is 1. The van der Waals surface area contributed by atoms with Gasteiger partial charge < -0.3 is 9.32 Å². The van der Waals surface area contributed by atoms with Crippen molar-refractivity contribution in [1.82, 2.24) is 4.90 Å². The highest BCUT2D eigenvalue weighted by atomic mass is 16.3. The van der Waals surface area contributed by atoms with E-state index in [1.165, 1.54) is 6.08 Å². The van der Waals surface area contributed by atoms with Crippen molar-refractivity contribution < 1.29 is 9.21 Å². The lowest BCUT2D eigenvalue weighted by Crippen LogP contribution is -2.29. The van der Waals surface area contributed by atoms with Gasteiger partial charge in [-0.1, -0.05) is 5.92 Å². The Balaban J connectivity index is 2.58. The SMILES string of the molecule is C#CCN(CC)C(=O)/C=C/c1ccco1. The van der Waals surface area contributed by atoms with Gasteiger partial charge in [0.25, 0.3) is 0 Å². The predicted octanol–water partition coefficient (Wildman–Crippen LogP) is 1.77. The molecule has 0 saturated carbocycles. The zero-order chi connectivity index (χ0) is 11.1. The van der Waals surface area contributed by atoms with Crippen LogP contribution in [0.5, 0.6) is 0 Å². The highest BCUT2D eigenvalue weighted by Crippen LogP contribution is 2.03. The Hall–Kier alpha value is -1.95. The van der Waals surface area contributed by atoms with E-state index in [-0.39, 0.29) is 5.91 Å². The molecule has 0 saturated heterocycles. The summed E-state index contributed by atoms with van der Waals surface area (Å²) in [5.41, 5.74) is 0. The Morgan fingerprint density at radius 1 is 1.73 bits per heavy atom. The molecule has 0 aliphatic heterocycles. The van der Waals surface area contributed by atoms with E-state index in [1.807, 2.05) is 6.92 Å². The van der Waals surface area contributed by atoms with Crippen LogP contribution in [-0.2, 0) is 4.79 Å². The molecule has 0 radical (unpaired) electrons. The maximum atomic E-state index is 11.6. The molecule has 3 nitrogen and oxygen atoms in total. The smallest absolute Gasteiger partial charge is 0.247 e. The number of rotatable bonds is 4. The second-order valence-electron chi connectivity index (χ2n) is 2.91. The molecule has 0 fully saturated rings. The highest BCUT2D eigenvalue weighted by Gasteiger charge is 2.05. The van der Waals surface area contributed by atoms with Crippen LogP contribution in [0.2, 0.25) is 0 Å². The van der Waals surface area contributed by atoms with Gasteiger partial charge in [0.15, 0.2) is 0 Å². The molecule has 0 atom stereocenters. The van der Waals surface area contributed by atoms with Crippen molar-refractivity contribution >= 4 is 12.0 Å². The maximum absolute atomic E-state index is 11.6. The van der Waals surface area contributed by atoms with Gasteiger partial charge in [-0.2, -0.15) is 0 Å². The first-order valence-corrected chi connectivity index (χ1v) is 4.72. The van der Waals surface area contributed by atoms with Gasteiger partial charge in [0.1, 0.15) is 5.76 Å². The van der Waals surface area contributed by atoms with Gasteiger partial charge in [-0.25, -0.2) is 0 Å². The van der Waals surface area contributed by atoms with Crippen LogP contribution in [0.4, 0.5) is 0 Å². The first-order valence-electron chi connectivity index (χ1n) is 4.72. The van der Waals surface area contributed by atoms with Gasteiger partial charge in [0.05, 0.1) is 12.8 Å². The monoisotopic (exact) mass is 203 g/mol. The number of terminal acetylenes is 1. The van der Waals surface area contributed by atoms with E-state index in [9.17, 15) is 4.79 Å². The average Bonchev–Trinajstić information content (AvgIpc) is 2.75. The molecule has 1 aromatic rings. The zero-order valence-corrected chi connectivity index (χ0v) is 8.64. The molecule has 3 heteroatoms. The molecule has 78 valence electrons. The molecule has 0 aliphatic rings. The second kappa shape index (κ2) is 5.71. The van der Waals surface area contributed by atoms with Crippen molar-refractivity contribution in [1.29, 1.82) is 0 Å². The van der Waals surface area contributed by atoms with Crippen LogP contribution in [0.15, 0.2) is 28.9 Å². The Kier molecular flexibility index (Phi) is 4.24. The number of carbonyl (C=O) groups is 1. The van der Waals surface area contributed by atoms with Gasteiger partial charge in [-0.15, -0.1) is 6.42 Å². The summed E-state index contributed by atoms with van der Waals surface area (Å²) in [5.74, 6) is 2.99. The number of hydrogen-bond donors (Lipinski definition) is 0. The molecule has 0 aliphatic carbocycles. The fourth-order valence-corrected chi connectivity index (χ4v) is 1.10. The van der Waals surface area contributed by atoms with Crippen LogP contribution in [-0.4, -0.2) is 23.9 Å². The Morgan fingerprint density at radius 3 is 3.07 bits per heavy atom. The van der Waals surface area contributed by atoms with Gasteiger partial charge in [-0.3, -0.25) is 4.79 Å². The molecule has 1 heterocycles. The molecule has 1 aromatic heterocycles. The average molecular weight is 203 g/mol. The number of nitrogens with zero attached hydrogens (tertiary/aromatic N) is 1. The summed E-state index contributed by atoms with van der Waals surface area (Å²) in [7, 11) is 0. The Bertz CT molecular complexity index is 371. The molecule has 0 spiro atoms. The third-order valence-electron chi connectivity index (χ3n) is 1.91. The number of likely N-dealkylation sites (N-methyl/N-ethyl adjacent to an activating group) is 1. The maximum Gasteiger partial charge on any atom is 0.247 e. The fraction of sp³-hybridized carbons (Fsp3) is 0.250. The topological polar surface area (TPSA) is 33.5 Å². The van der Waals surface area contributed by atoms with E-state index < -0.39 is 0 Å². The van der Waals surface area contributed by atoms with Crippen molar-refractivity contribution in [3.63, 3.8) is 0 Å². The molecule has 0 unspecified atom stereocenters. The van der Waals surface area contributed by atoms with E-state index in [0.29, 0.717) is 18.8 Å². The van der Waals surface area contributed by atoms with E-state index in [0.717, 1.165) is 0 Å². The van der Waals surface area contributed by atoms with Crippen molar-refractivity contribution in [2.45, 2.75) is 6.92 Å². The number of hydrogen-bond acceptors (Lipinski definition) is 2. The molecule has 1 amide bonds. The third kappa shape index (κ3) is 3.35. The van der Waals surface area contributed by atoms with Crippen LogP contribution < -0.4 is 0 Å². The second-order valence-corrected chi connectivity index (χ2v) is 2.91. The molecule has 0 N–H and O–H groups in total. The fourth-order valence-electron chi connectivity index (χ4n) is 1.10. The summed E-state index contributed by atoms with van der Waals surface area (Å²) in [5, 5.41) is 0. The summed E-state index contributed by atoms with van der Waals surface area (Å²) in [6.07, 6.45) is 9.79. The molecule has 0 aromatic carbocycles. The van der Waals surface area contributed by atoms with E-state index in [2.05, 4.69) is 5.92 Å². The van der Waals surface area contributed by atoms with E-state index in [4.69, 9.17) is 10.8 Å². The summed E-state index contributed by atoms with van der Waals surface area (Å²) in [6, 6.07) is 3.55. The number of carbonyl (C=O) groups excluding carboxylic acids is 1. The lowest BCUT2D eigenvalue weighted by molar-refractivity contribution is -0.125. The van der Waals surface area contributed by atoms with Crippen molar-refractivity contribution in [3.8, 4) is 12.3 Å². The van der Waals surface area contributed by atoms with Gasteiger partial charge >= 0.3 is 0 Å². The normalized spacial score (nSPS) is 10.1. The highest BCUT2D eigenvalue weighted by molar-refractivity contribution is 5.91. The summed E-state index contributed by atoms with van der Waals surface area (Å²) in [4.78, 5) is 13.1. The van der Waals surface area contributed by atoms with Gasteiger partial charge in [-0.05, 0) is 25.1 Å². The minimum Gasteiger partial charge on any atom is -0.465 e. The summed E-state index contributed by atoms with van der Waals surface area (Å²) < 4.78 is 5.06. The molecule has 0 bridgehead atoms. The largest absolute Gasteiger partial charge is 0.465 e. The van der Waals surface area contributed by atoms with Crippen LogP contribution >= 0.6 is 0 Å². The minimum absolute atomic E-state index is 0.105. The Labute approximate surface area is 89.4 Å². The Morgan fingerprint density at radius 2 is 2.53 bits per heavy atom. The van der Waals surface area contributed by atoms with Crippen molar-refractivity contribution in [2.75, 3.05) is 13.1 Å². The standard InChI is InChI=1S/C12H13NO2/c1-3-9-13(4-2)12(14)8-7-11-6-5-10-15-11/h1,5-8,10H,4,9H2,2H3/b8-7+. The van der Waals surface area contributed by atoms with Crippen LogP contribution in [0.3, 0.4) is 0 Å². The molecular weight excluding hydrogens is 190 g/mol. The quantitative estimate of drug-likeness (QED) is 0.552. The molecule has 15 heavy (non-hydrogen) atoms. The van der Waals surface area contributed by atoms with Crippen LogP contribution in [0.25, 0.3) is 6.08 Å². The van der Waals surface area contributed by atoms with Crippen molar-refractivity contribution in [2.24, 2.45) is 0 Å². The molecule has 1 rings (SSSR count). The zero-order valence-electron chi connectivity index (χ0n) is 8.64. The van der Waals surface area contributed by atoms with Gasteiger partial charge in [0.2, 0.25) is 5.91 Å². The number of furan rings is 1. The predicted molar refractivity (Wildman–Crippen MR) is 58.8 cm³/mol. The lowest BCUT2D eigenvalue weighted by atomic mass is 10.3.